The fraction of sp³-hybridized carbons (Fsp3) is 0.700. The number of aliphatic hydroxyl groups is 1. The van der Waals surface area contributed by atoms with Crippen molar-refractivity contribution >= 4 is 10.2 Å². The summed E-state index contributed by atoms with van der Waals surface area (Å²) in [6.45, 7) is 0.589. The molecule has 7 nitrogen and oxygen atoms in total. The first kappa shape index (κ1) is 15.1. The molecule has 2 N–H and O–H groups in total. The number of rotatable bonds is 8. The van der Waals surface area contributed by atoms with Crippen LogP contribution in [0.4, 0.5) is 0 Å². The Morgan fingerprint density at radius 3 is 2.83 bits per heavy atom. The van der Waals surface area contributed by atoms with Gasteiger partial charge in [-0.15, -0.1) is 0 Å². The number of aryl methyl sites for hydroxylation is 1. The zero-order valence-electron chi connectivity index (χ0n) is 10.7. The molecule has 104 valence electrons. The maximum atomic E-state index is 11.7. The SMILES string of the molecule is CN(CCCO)S(=O)(=O)NCCc1ccn(C)n1. The average molecular weight is 276 g/mol. The summed E-state index contributed by atoms with van der Waals surface area (Å²) < 4.78 is 28.8. The molecule has 0 saturated heterocycles. The molecule has 0 saturated carbocycles. The van der Waals surface area contributed by atoms with Crippen molar-refractivity contribution in [1.82, 2.24) is 18.8 Å². The first-order chi connectivity index (χ1) is 8.45. The zero-order valence-corrected chi connectivity index (χ0v) is 11.5. The lowest BCUT2D eigenvalue weighted by molar-refractivity contribution is 0.275. The van der Waals surface area contributed by atoms with Gasteiger partial charge in [0.15, 0.2) is 0 Å². The van der Waals surface area contributed by atoms with Crippen LogP contribution in [0.1, 0.15) is 12.1 Å². The summed E-state index contributed by atoms with van der Waals surface area (Å²) >= 11 is 0. The maximum Gasteiger partial charge on any atom is 0.279 e. The van der Waals surface area contributed by atoms with Crippen LogP contribution in [0, 0.1) is 0 Å². The van der Waals surface area contributed by atoms with Gasteiger partial charge in [-0.3, -0.25) is 4.68 Å². The lowest BCUT2D eigenvalue weighted by Crippen LogP contribution is -2.39. The monoisotopic (exact) mass is 276 g/mol. The largest absolute Gasteiger partial charge is 0.396 e. The Kier molecular flexibility index (Phi) is 5.73. The normalized spacial score (nSPS) is 12.2. The molecule has 1 heterocycles. The molecular formula is C10H20N4O3S. The second kappa shape index (κ2) is 6.83. The minimum absolute atomic E-state index is 0.0200. The molecule has 0 amide bonds. The number of hydrogen-bond acceptors (Lipinski definition) is 4. The van der Waals surface area contributed by atoms with E-state index in [9.17, 15) is 8.42 Å². The molecular weight excluding hydrogens is 256 g/mol. The lowest BCUT2D eigenvalue weighted by atomic mass is 10.3. The Morgan fingerprint density at radius 2 is 2.28 bits per heavy atom. The van der Waals surface area contributed by atoms with Crippen molar-refractivity contribution in [3.8, 4) is 0 Å². The van der Waals surface area contributed by atoms with Gasteiger partial charge in [0.1, 0.15) is 0 Å². The van der Waals surface area contributed by atoms with Gasteiger partial charge in [-0.25, -0.2) is 4.72 Å². The van der Waals surface area contributed by atoms with E-state index in [1.54, 1.807) is 4.68 Å². The molecule has 8 heteroatoms. The molecule has 1 aromatic heterocycles. The second-order valence-corrected chi connectivity index (χ2v) is 5.89. The van der Waals surface area contributed by atoms with E-state index in [1.807, 2.05) is 19.3 Å². The van der Waals surface area contributed by atoms with E-state index in [1.165, 1.54) is 11.4 Å². The third kappa shape index (κ3) is 4.73. The van der Waals surface area contributed by atoms with Crippen molar-refractivity contribution in [3.05, 3.63) is 18.0 Å². The standard InChI is InChI=1S/C10H20N4O3S/c1-13-8-5-10(12-13)4-6-11-18(16,17)14(2)7-3-9-15/h5,8,11,15H,3-4,6-7,9H2,1-2H3. The van der Waals surface area contributed by atoms with Crippen LogP contribution in [-0.2, 0) is 23.7 Å². The molecule has 0 aliphatic heterocycles. The number of aliphatic hydroxyl groups excluding tert-OH is 1. The van der Waals surface area contributed by atoms with E-state index in [0.29, 0.717) is 25.9 Å². The van der Waals surface area contributed by atoms with Crippen molar-refractivity contribution in [3.63, 3.8) is 0 Å². The van der Waals surface area contributed by atoms with Crippen LogP contribution in [0.2, 0.25) is 0 Å². The number of hydrogen-bond donors (Lipinski definition) is 2. The molecule has 0 unspecified atom stereocenters. The van der Waals surface area contributed by atoms with Gasteiger partial charge in [-0.1, -0.05) is 0 Å². The molecule has 0 fully saturated rings. The van der Waals surface area contributed by atoms with Gasteiger partial charge in [0.2, 0.25) is 0 Å². The molecule has 0 atom stereocenters. The average Bonchev–Trinajstić information content (AvgIpc) is 2.71. The Hall–Kier alpha value is -0.960. The Balaban J connectivity index is 2.37. The summed E-state index contributed by atoms with van der Waals surface area (Å²) in [4.78, 5) is 0. The highest BCUT2D eigenvalue weighted by molar-refractivity contribution is 7.87. The van der Waals surface area contributed by atoms with Crippen molar-refractivity contribution in [2.24, 2.45) is 7.05 Å². The molecule has 1 rings (SSSR count). The zero-order chi connectivity index (χ0) is 13.6. The van der Waals surface area contributed by atoms with Gasteiger partial charge in [0.25, 0.3) is 10.2 Å². The molecule has 0 aliphatic carbocycles. The predicted molar refractivity (Wildman–Crippen MR) is 68.2 cm³/mol. The molecule has 18 heavy (non-hydrogen) atoms. The van der Waals surface area contributed by atoms with Crippen molar-refractivity contribution in [1.29, 1.82) is 0 Å². The highest BCUT2D eigenvalue weighted by Gasteiger charge is 2.16. The third-order valence-corrected chi connectivity index (χ3v) is 4.05. The highest BCUT2D eigenvalue weighted by atomic mass is 32.2. The van der Waals surface area contributed by atoms with Crippen molar-refractivity contribution in [2.75, 3.05) is 26.7 Å². The van der Waals surface area contributed by atoms with Gasteiger partial charge in [0.05, 0.1) is 5.69 Å². The van der Waals surface area contributed by atoms with Crippen LogP contribution < -0.4 is 4.72 Å². The van der Waals surface area contributed by atoms with Crippen LogP contribution in [-0.4, -0.2) is 54.4 Å². The second-order valence-electron chi connectivity index (χ2n) is 4.03. The summed E-state index contributed by atoms with van der Waals surface area (Å²) in [6, 6.07) is 1.85. The van der Waals surface area contributed by atoms with Gasteiger partial charge < -0.3 is 5.11 Å². The van der Waals surface area contributed by atoms with E-state index in [-0.39, 0.29) is 6.61 Å². The van der Waals surface area contributed by atoms with Crippen LogP contribution in [0.25, 0.3) is 0 Å². The quantitative estimate of drug-likeness (QED) is 0.645. The summed E-state index contributed by atoms with van der Waals surface area (Å²) in [5.41, 5.74) is 0.846. The maximum absolute atomic E-state index is 11.7. The van der Waals surface area contributed by atoms with E-state index in [0.717, 1.165) is 5.69 Å². The topological polar surface area (TPSA) is 87.5 Å². The summed E-state index contributed by atoms with van der Waals surface area (Å²) in [5.74, 6) is 0. The van der Waals surface area contributed by atoms with Gasteiger partial charge in [0, 0.05) is 46.4 Å². The summed E-state index contributed by atoms with van der Waals surface area (Å²) in [7, 11) is -0.158. The van der Waals surface area contributed by atoms with E-state index in [4.69, 9.17) is 5.11 Å². The molecule has 1 aromatic rings. The minimum atomic E-state index is -3.46. The van der Waals surface area contributed by atoms with Gasteiger partial charge >= 0.3 is 0 Å². The van der Waals surface area contributed by atoms with Gasteiger partial charge in [-0.2, -0.15) is 17.8 Å². The molecule has 0 aliphatic rings. The van der Waals surface area contributed by atoms with Crippen molar-refractivity contribution < 1.29 is 13.5 Å². The fourth-order valence-electron chi connectivity index (χ4n) is 1.43. The van der Waals surface area contributed by atoms with Crippen LogP contribution in [0.3, 0.4) is 0 Å². The number of nitrogens with one attached hydrogen (secondary N) is 1. The smallest absolute Gasteiger partial charge is 0.279 e. The Labute approximate surface area is 108 Å². The Bertz CT molecular complexity index is 457. The van der Waals surface area contributed by atoms with E-state index < -0.39 is 10.2 Å². The molecule has 0 spiro atoms. The highest BCUT2D eigenvalue weighted by Crippen LogP contribution is 1.98. The van der Waals surface area contributed by atoms with Crippen LogP contribution >= 0.6 is 0 Å². The number of nitrogens with zero attached hydrogens (tertiary/aromatic N) is 3. The summed E-state index contributed by atoms with van der Waals surface area (Å²) in [5, 5.41) is 12.8. The third-order valence-electron chi connectivity index (χ3n) is 2.48. The summed E-state index contributed by atoms with van der Waals surface area (Å²) in [6.07, 6.45) is 2.79. The first-order valence-electron chi connectivity index (χ1n) is 5.76. The minimum Gasteiger partial charge on any atom is -0.396 e. The van der Waals surface area contributed by atoms with E-state index in [2.05, 4.69) is 9.82 Å². The fourth-order valence-corrected chi connectivity index (χ4v) is 2.38. The van der Waals surface area contributed by atoms with Crippen molar-refractivity contribution in [2.45, 2.75) is 12.8 Å². The van der Waals surface area contributed by atoms with Gasteiger partial charge in [-0.05, 0) is 12.5 Å². The number of aromatic nitrogens is 2. The molecule has 0 aromatic carbocycles. The molecule has 0 radical (unpaired) electrons. The Morgan fingerprint density at radius 1 is 1.56 bits per heavy atom. The van der Waals surface area contributed by atoms with E-state index >= 15 is 0 Å². The first-order valence-corrected chi connectivity index (χ1v) is 7.20. The van der Waals surface area contributed by atoms with Crippen LogP contribution in [0.15, 0.2) is 12.3 Å². The van der Waals surface area contributed by atoms with Crippen LogP contribution in [0.5, 0.6) is 0 Å². The predicted octanol–water partition coefficient (Wildman–Crippen LogP) is -0.889. The lowest BCUT2D eigenvalue weighted by Gasteiger charge is -2.16. The molecule has 0 bridgehead atoms.